The quantitative estimate of drug-likeness (QED) is 0.0182. The fourth-order valence-electron chi connectivity index (χ4n) is 18.6. The number of phosphoric ester groups is 1. The third kappa shape index (κ3) is 47.6. The molecule has 0 aromatic heterocycles. The van der Waals surface area contributed by atoms with E-state index < -0.39 is 118 Å². The molecule has 780 valence electrons. The van der Waals surface area contributed by atoms with Crippen LogP contribution in [-0.2, 0) is 95.4 Å². The maximum Gasteiger partial charge on any atom is 0.588 e. The largest absolute Gasteiger partial charge is 0.588 e. The molecule has 2 heterocycles. The van der Waals surface area contributed by atoms with Gasteiger partial charge in [0.25, 0.3) is 0 Å². The highest BCUT2D eigenvalue weighted by Gasteiger charge is 2.56. The van der Waals surface area contributed by atoms with Crippen molar-refractivity contribution in [2.24, 2.45) is 0 Å². The molecule has 9 rings (SSSR count). The van der Waals surface area contributed by atoms with Crippen LogP contribution in [0.3, 0.4) is 0 Å². The molecule has 2 aliphatic rings. The molecule has 0 saturated carbocycles. The number of phosphoric acid groups is 1. The Balaban J connectivity index is 1.11. The van der Waals surface area contributed by atoms with Crippen molar-refractivity contribution in [3.63, 3.8) is 0 Å². The number of rotatable bonds is 79. The number of ether oxygens (including phenoxy) is 11. The molecule has 0 bridgehead atoms. The lowest BCUT2D eigenvalue weighted by atomic mass is 9.91. The SMILES string of the molecule is CCCCCCCCCCCCCCO[C@H](CCCCCCCCCCC)CCO[C@@H]1[C@@H](NC(C)=O)[C@H](OC[C@H]2O[C@H](C(=O)OC(c3ccccc3)c3ccccc3)[C@H](NC(=O)C[C@@H](CCCCCCCCCCC)OCc3ccccc3)[C@@H](OCC[C@@H](CCCCCCCCCCC)OCc3ccccc3)[C@@H]2O)O[C@H](COC(=O)OCc2ccccc2)[C@@H]1OP(=O)(Oc1ccccc1)Oc1ccccc1. The van der Waals surface area contributed by atoms with Gasteiger partial charge in [-0.2, -0.15) is 0 Å². The number of benzene rings is 7. The first-order valence-electron chi connectivity index (χ1n) is 54.5. The van der Waals surface area contributed by atoms with Crippen LogP contribution >= 0.6 is 7.82 Å². The molecule has 23 heteroatoms. The summed E-state index contributed by atoms with van der Waals surface area (Å²) in [6.45, 7) is 9.95. The van der Waals surface area contributed by atoms with E-state index in [1.807, 2.05) is 152 Å². The van der Waals surface area contributed by atoms with E-state index in [-0.39, 0.29) is 56.6 Å². The van der Waals surface area contributed by atoms with Gasteiger partial charge in [-0.05, 0) is 90.6 Å². The van der Waals surface area contributed by atoms with Gasteiger partial charge in [0.1, 0.15) is 67.4 Å². The minimum absolute atomic E-state index is 0.0130. The summed E-state index contributed by atoms with van der Waals surface area (Å²) in [5, 5.41) is 20.1. The molecule has 2 amide bonds. The first kappa shape index (κ1) is 116. The average Bonchev–Trinajstić information content (AvgIpc) is 0.776. The minimum atomic E-state index is -5.00. The topological polar surface area (TPSA) is 259 Å². The van der Waals surface area contributed by atoms with Crippen molar-refractivity contribution in [3.05, 3.63) is 240 Å². The van der Waals surface area contributed by atoms with Gasteiger partial charge in [-0.15, -0.1) is 0 Å². The number of nitrogens with one attached hydrogen (secondary N) is 2. The first-order chi connectivity index (χ1) is 69.2. The molecule has 0 unspecified atom stereocenters. The molecular formula is C118H173N2O20P. The third-order valence-electron chi connectivity index (χ3n) is 26.7. The predicted molar refractivity (Wildman–Crippen MR) is 559 cm³/mol. The summed E-state index contributed by atoms with van der Waals surface area (Å²) in [6.07, 6.45) is 31.8. The summed E-state index contributed by atoms with van der Waals surface area (Å²) in [4.78, 5) is 60.7. The second-order valence-electron chi connectivity index (χ2n) is 38.6. The normalized spacial score (nSPS) is 18.8. The first-order valence-corrected chi connectivity index (χ1v) is 55.9. The Morgan fingerprint density at radius 2 is 0.738 bits per heavy atom. The zero-order valence-corrected chi connectivity index (χ0v) is 86.8. The number of unbranched alkanes of at least 4 members (excludes halogenated alkanes) is 35. The van der Waals surface area contributed by atoms with Gasteiger partial charge in [-0.25, -0.2) is 14.2 Å². The molecule has 141 heavy (non-hydrogen) atoms. The van der Waals surface area contributed by atoms with E-state index >= 15 is 14.2 Å². The van der Waals surface area contributed by atoms with Gasteiger partial charge in [0.2, 0.25) is 11.8 Å². The molecule has 0 radical (unpaired) electrons. The lowest BCUT2D eigenvalue weighted by molar-refractivity contribution is -0.289. The molecule has 2 saturated heterocycles. The van der Waals surface area contributed by atoms with E-state index in [0.717, 1.165) is 120 Å². The van der Waals surface area contributed by atoms with E-state index in [1.165, 1.54) is 161 Å². The maximum atomic E-state index is 16.3. The van der Waals surface area contributed by atoms with Crippen LogP contribution in [0.4, 0.5) is 4.79 Å². The van der Waals surface area contributed by atoms with Crippen LogP contribution in [-0.4, -0.2) is 141 Å². The van der Waals surface area contributed by atoms with Gasteiger partial charge >= 0.3 is 19.9 Å². The lowest BCUT2D eigenvalue weighted by Crippen LogP contribution is -2.68. The highest BCUT2D eigenvalue weighted by atomic mass is 31.2. The van der Waals surface area contributed by atoms with Crippen molar-refractivity contribution >= 4 is 31.8 Å². The Hall–Kier alpha value is -8.35. The zero-order valence-electron chi connectivity index (χ0n) is 85.9. The van der Waals surface area contributed by atoms with Gasteiger partial charge in [-0.3, -0.25) is 14.1 Å². The summed E-state index contributed by atoms with van der Waals surface area (Å²) in [5.74, 6) is -1.71. The van der Waals surface area contributed by atoms with Gasteiger partial charge in [0.05, 0.1) is 50.6 Å². The molecule has 13 atom stereocenters. The van der Waals surface area contributed by atoms with Crippen LogP contribution in [0.5, 0.6) is 11.5 Å². The van der Waals surface area contributed by atoms with Crippen molar-refractivity contribution < 1.29 is 94.5 Å². The predicted octanol–water partition coefficient (Wildman–Crippen LogP) is 28.1. The summed E-state index contributed by atoms with van der Waals surface area (Å²) in [7, 11) is -5.00. The molecule has 3 N–H and O–H groups in total. The Kier molecular flexibility index (Phi) is 59.4. The summed E-state index contributed by atoms with van der Waals surface area (Å²) < 4.78 is 111. The third-order valence-corrected chi connectivity index (χ3v) is 28.1. The molecule has 7 aromatic carbocycles. The Labute approximate surface area is 845 Å². The van der Waals surface area contributed by atoms with E-state index in [4.69, 9.17) is 65.7 Å². The van der Waals surface area contributed by atoms with Crippen molar-refractivity contribution in [2.45, 2.75) is 429 Å². The Morgan fingerprint density at radius 3 is 1.17 bits per heavy atom. The van der Waals surface area contributed by atoms with Gasteiger partial charge in [0.15, 0.2) is 18.5 Å². The highest BCUT2D eigenvalue weighted by Crippen LogP contribution is 2.53. The molecule has 2 fully saturated rings. The van der Waals surface area contributed by atoms with Gasteiger partial charge < -0.3 is 76.9 Å². The van der Waals surface area contributed by atoms with Crippen LogP contribution in [0, 0.1) is 0 Å². The standard InChI is InChI=1S/C118H173N2O20P/c1-6-10-14-18-22-26-27-28-32-36-40-65-85-127-100(76-58-37-33-29-23-19-15-11-7-2)83-87-129-114-109(119-94(5)121)117(136-106(93-134-118(125)133-91-97-70-52-43-53-71-97)112(114)140-141(126,138-102-78-61-46-62-79-102)139-103-80-63-47-64-81-103)132-92-105-110(123)113(128-86-84-101(130-89-95-66-48-41-49-67-95)77-59-38-34-30-24-20-16-12-8-3)108(115(135-105)116(124)137-111(98-72-54-44-55-73-98)99-74-56-45-57-75-99)120-107(122)88-104(131-90-96-68-50-42-51-69-96)82-60-39-35-31-25-21-17-13-9-4/h41-57,61-64,66-75,78-81,100-101,104-106,108-115,117,123H,6-40,58-60,65,76-77,82-93H2,1-5H3,(H,119,121)(H,120,122)/t100-,101-,104-,105-,106-,108-,109-,110-,112+,113-,114-,115+,117-/m1/s1. The smallest absolute Gasteiger partial charge is 0.451 e. The Morgan fingerprint density at radius 1 is 0.362 bits per heavy atom. The number of hydrogen-bond acceptors (Lipinski definition) is 20. The zero-order chi connectivity index (χ0) is 99.5. The van der Waals surface area contributed by atoms with E-state index in [9.17, 15) is 14.7 Å². The second kappa shape index (κ2) is 72.0. The number of carbonyl (C=O) groups excluding carboxylic acids is 4. The Bertz CT molecular complexity index is 4280. The number of aliphatic hydroxyl groups excluding tert-OH is 1. The van der Waals surface area contributed by atoms with Gasteiger partial charge in [-0.1, -0.05) is 460 Å². The second-order valence-corrected chi connectivity index (χ2v) is 40.1. The summed E-state index contributed by atoms with van der Waals surface area (Å²) in [6, 6.07) is 61.7. The number of para-hydroxylation sites is 2. The molecule has 0 aliphatic carbocycles. The van der Waals surface area contributed by atoms with Crippen LogP contribution < -0.4 is 19.7 Å². The van der Waals surface area contributed by atoms with E-state index in [1.54, 1.807) is 60.7 Å². The van der Waals surface area contributed by atoms with Crippen LogP contribution in [0.1, 0.15) is 357 Å². The fraction of sp³-hybridized carbons (Fsp3) is 0.610. The van der Waals surface area contributed by atoms with Crippen molar-refractivity contribution in [2.75, 3.05) is 33.0 Å². The number of carbonyl (C=O) groups is 4. The fourth-order valence-corrected chi connectivity index (χ4v) is 20.1. The van der Waals surface area contributed by atoms with Crippen molar-refractivity contribution in [1.29, 1.82) is 0 Å². The van der Waals surface area contributed by atoms with Crippen LogP contribution in [0.15, 0.2) is 212 Å². The number of esters is 1. The van der Waals surface area contributed by atoms with Crippen molar-refractivity contribution in [1.82, 2.24) is 10.6 Å². The summed E-state index contributed by atoms with van der Waals surface area (Å²) in [5.41, 5.74) is 3.94. The molecule has 2 aliphatic heterocycles. The molecule has 7 aromatic rings. The maximum absolute atomic E-state index is 16.3. The van der Waals surface area contributed by atoms with E-state index in [0.29, 0.717) is 49.2 Å². The van der Waals surface area contributed by atoms with Crippen LogP contribution in [0.25, 0.3) is 0 Å². The highest BCUT2D eigenvalue weighted by molar-refractivity contribution is 7.49. The molecular weight excluding hydrogens is 1800 g/mol. The van der Waals surface area contributed by atoms with Gasteiger partial charge in [0, 0.05) is 26.7 Å². The lowest BCUT2D eigenvalue weighted by Gasteiger charge is -2.47. The minimum Gasteiger partial charge on any atom is -0.451 e. The van der Waals surface area contributed by atoms with Crippen molar-refractivity contribution in [3.8, 4) is 11.5 Å². The monoisotopic (exact) mass is 1970 g/mol. The number of hydrogen-bond donors (Lipinski definition) is 3. The number of aliphatic hydroxyl groups is 1. The van der Waals surface area contributed by atoms with E-state index in [2.05, 4.69) is 38.3 Å². The molecule has 22 nitrogen and oxygen atoms in total. The number of amides is 2. The average molecular weight is 1970 g/mol. The summed E-state index contributed by atoms with van der Waals surface area (Å²) >= 11 is 0. The molecule has 0 spiro atoms. The van der Waals surface area contributed by atoms with Crippen LogP contribution in [0.2, 0.25) is 0 Å².